The van der Waals surface area contributed by atoms with Crippen LogP contribution in [0.2, 0.25) is 0 Å². The van der Waals surface area contributed by atoms with Crippen LogP contribution in [0.5, 0.6) is 5.75 Å². The van der Waals surface area contributed by atoms with E-state index in [1.54, 1.807) is 7.11 Å². The molecule has 1 amide bonds. The second-order valence-electron chi connectivity index (χ2n) is 4.91. The maximum Gasteiger partial charge on any atom is 0.241 e. The Morgan fingerprint density at radius 3 is 2.61 bits per heavy atom. The van der Waals surface area contributed by atoms with E-state index in [1.807, 2.05) is 39.0 Å². The van der Waals surface area contributed by atoms with Crippen molar-refractivity contribution in [2.24, 2.45) is 11.7 Å². The summed E-state index contributed by atoms with van der Waals surface area (Å²) in [7, 11) is 1.62. The molecule has 100 valence electrons. The second kappa shape index (κ2) is 6.40. The van der Waals surface area contributed by atoms with Gasteiger partial charge in [0.05, 0.1) is 13.2 Å². The van der Waals surface area contributed by atoms with Gasteiger partial charge in [0.25, 0.3) is 0 Å². The summed E-state index contributed by atoms with van der Waals surface area (Å²) < 4.78 is 5.12. The van der Waals surface area contributed by atoms with Gasteiger partial charge in [-0.3, -0.25) is 4.79 Å². The minimum Gasteiger partial charge on any atom is -0.497 e. The van der Waals surface area contributed by atoms with Crippen LogP contribution in [0, 0.1) is 12.8 Å². The molecule has 0 aliphatic heterocycles. The molecule has 1 atom stereocenters. The number of anilines is 1. The maximum absolute atomic E-state index is 11.9. The summed E-state index contributed by atoms with van der Waals surface area (Å²) in [5.41, 5.74) is 7.57. The lowest BCUT2D eigenvalue weighted by Crippen LogP contribution is -2.36. The van der Waals surface area contributed by atoms with Crippen molar-refractivity contribution in [2.75, 3.05) is 12.4 Å². The summed E-state index contributed by atoms with van der Waals surface area (Å²) in [5, 5.41) is 2.85. The van der Waals surface area contributed by atoms with Crippen LogP contribution in [-0.2, 0) is 4.79 Å². The largest absolute Gasteiger partial charge is 0.497 e. The van der Waals surface area contributed by atoms with Gasteiger partial charge in [0, 0.05) is 5.69 Å². The van der Waals surface area contributed by atoms with E-state index in [4.69, 9.17) is 10.5 Å². The molecule has 0 unspecified atom stereocenters. The van der Waals surface area contributed by atoms with E-state index >= 15 is 0 Å². The number of carbonyl (C=O) groups excluding carboxylic acids is 1. The number of ether oxygens (including phenoxy) is 1. The van der Waals surface area contributed by atoms with Crippen molar-refractivity contribution >= 4 is 11.6 Å². The Kier molecular flexibility index (Phi) is 5.16. The lowest BCUT2D eigenvalue weighted by Gasteiger charge is -2.15. The molecule has 0 spiro atoms. The smallest absolute Gasteiger partial charge is 0.241 e. The average Bonchev–Trinajstić information content (AvgIpc) is 2.30. The molecule has 0 fully saturated rings. The molecule has 0 saturated heterocycles. The number of aryl methyl sites for hydroxylation is 1. The maximum atomic E-state index is 11.9. The highest BCUT2D eigenvalue weighted by molar-refractivity contribution is 5.95. The topological polar surface area (TPSA) is 64.3 Å². The molecular formula is C14H22N2O2. The van der Waals surface area contributed by atoms with Crippen molar-refractivity contribution in [3.63, 3.8) is 0 Å². The van der Waals surface area contributed by atoms with Crippen molar-refractivity contribution in [3.8, 4) is 5.75 Å². The van der Waals surface area contributed by atoms with E-state index in [1.165, 1.54) is 0 Å². The van der Waals surface area contributed by atoms with Gasteiger partial charge in [-0.2, -0.15) is 0 Å². The molecule has 4 nitrogen and oxygen atoms in total. The summed E-state index contributed by atoms with van der Waals surface area (Å²) in [6.07, 6.45) is 0.682. The first kappa shape index (κ1) is 14.5. The fourth-order valence-corrected chi connectivity index (χ4v) is 1.74. The molecule has 4 heteroatoms. The number of nitrogens with two attached hydrogens (primary N) is 1. The number of hydrogen-bond donors (Lipinski definition) is 2. The average molecular weight is 250 g/mol. The first-order valence-electron chi connectivity index (χ1n) is 6.15. The van der Waals surface area contributed by atoms with Crippen LogP contribution < -0.4 is 15.8 Å². The highest BCUT2D eigenvalue weighted by Crippen LogP contribution is 2.21. The minimum absolute atomic E-state index is 0.142. The van der Waals surface area contributed by atoms with Crippen molar-refractivity contribution in [2.45, 2.75) is 33.2 Å². The van der Waals surface area contributed by atoms with Crippen LogP contribution in [0.15, 0.2) is 18.2 Å². The predicted octanol–water partition coefficient (Wildman–Crippen LogP) is 2.32. The second-order valence-corrected chi connectivity index (χ2v) is 4.91. The third-order valence-electron chi connectivity index (χ3n) is 2.75. The number of hydrogen-bond acceptors (Lipinski definition) is 3. The number of benzene rings is 1. The van der Waals surface area contributed by atoms with Gasteiger partial charge in [-0.05, 0) is 43.0 Å². The Hall–Kier alpha value is -1.55. The fourth-order valence-electron chi connectivity index (χ4n) is 1.74. The number of amides is 1. The summed E-state index contributed by atoms with van der Waals surface area (Å²) >= 11 is 0. The van der Waals surface area contributed by atoms with Crippen LogP contribution in [0.25, 0.3) is 0 Å². The minimum atomic E-state index is -0.466. The standard InChI is InChI=1S/C14H22N2O2/c1-9(2)7-12(15)14(17)16-13-6-5-11(18-4)8-10(13)3/h5-6,8-9,12H,7,15H2,1-4H3,(H,16,17)/t12-/m1/s1. The molecule has 1 rings (SSSR count). The Morgan fingerprint density at radius 1 is 1.44 bits per heavy atom. The molecule has 1 aromatic carbocycles. The Bertz CT molecular complexity index is 416. The van der Waals surface area contributed by atoms with Crippen molar-refractivity contribution in [1.29, 1.82) is 0 Å². The van der Waals surface area contributed by atoms with Crippen molar-refractivity contribution in [1.82, 2.24) is 0 Å². The van der Waals surface area contributed by atoms with E-state index in [-0.39, 0.29) is 5.91 Å². The summed E-state index contributed by atoms with van der Waals surface area (Å²) in [6, 6.07) is 5.06. The van der Waals surface area contributed by atoms with E-state index in [9.17, 15) is 4.79 Å². The summed E-state index contributed by atoms with van der Waals surface area (Å²) in [6.45, 7) is 6.02. The third kappa shape index (κ3) is 4.04. The number of rotatable bonds is 5. The quantitative estimate of drug-likeness (QED) is 0.843. The Balaban J connectivity index is 2.70. The molecule has 0 heterocycles. The number of carbonyl (C=O) groups is 1. The van der Waals surface area contributed by atoms with Crippen molar-refractivity contribution in [3.05, 3.63) is 23.8 Å². The monoisotopic (exact) mass is 250 g/mol. The highest BCUT2D eigenvalue weighted by atomic mass is 16.5. The Labute approximate surface area is 109 Å². The van der Waals surface area contributed by atoms with Gasteiger partial charge in [0.1, 0.15) is 5.75 Å². The number of methoxy groups -OCH3 is 1. The van der Waals surface area contributed by atoms with Gasteiger partial charge < -0.3 is 15.8 Å². The van der Waals surface area contributed by atoms with Gasteiger partial charge in [-0.1, -0.05) is 13.8 Å². The zero-order chi connectivity index (χ0) is 13.7. The van der Waals surface area contributed by atoms with Crippen molar-refractivity contribution < 1.29 is 9.53 Å². The van der Waals surface area contributed by atoms with Gasteiger partial charge in [0.2, 0.25) is 5.91 Å². The first-order chi connectivity index (χ1) is 8.43. The molecule has 0 radical (unpaired) electrons. The van der Waals surface area contributed by atoms with Crippen LogP contribution in [-0.4, -0.2) is 19.1 Å². The van der Waals surface area contributed by atoms with Crippen LogP contribution >= 0.6 is 0 Å². The molecule has 18 heavy (non-hydrogen) atoms. The van der Waals surface area contributed by atoms with Gasteiger partial charge in [0.15, 0.2) is 0 Å². The first-order valence-corrected chi connectivity index (χ1v) is 6.15. The number of nitrogens with one attached hydrogen (secondary N) is 1. The van der Waals surface area contributed by atoms with Gasteiger partial charge >= 0.3 is 0 Å². The Morgan fingerprint density at radius 2 is 2.11 bits per heavy atom. The molecule has 0 bridgehead atoms. The van der Waals surface area contributed by atoms with Crippen LogP contribution in [0.4, 0.5) is 5.69 Å². The predicted molar refractivity (Wildman–Crippen MR) is 73.8 cm³/mol. The van der Waals surface area contributed by atoms with E-state index < -0.39 is 6.04 Å². The lowest BCUT2D eigenvalue weighted by molar-refractivity contribution is -0.117. The molecule has 0 saturated carbocycles. The molecule has 3 N–H and O–H groups in total. The lowest BCUT2D eigenvalue weighted by atomic mass is 10.0. The molecular weight excluding hydrogens is 228 g/mol. The van der Waals surface area contributed by atoms with E-state index in [0.29, 0.717) is 12.3 Å². The molecule has 1 aromatic rings. The summed E-state index contributed by atoms with van der Waals surface area (Å²) in [4.78, 5) is 11.9. The van der Waals surface area contributed by atoms with Gasteiger partial charge in [-0.15, -0.1) is 0 Å². The zero-order valence-electron chi connectivity index (χ0n) is 11.5. The normalized spacial score (nSPS) is 12.3. The molecule has 0 aliphatic rings. The third-order valence-corrected chi connectivity index (χ3v) is 2.75. The molecule has 0 aliphatic carbocycles. The zero-order valence-corrected chi connectivity index (χ0v) is 11.5. The van der Waals surface area contributed by atoms with Gasteiger partial charge in [-0.25, -0.2) is 0 Å². The van der Waals surface area contributed by atoms with Crippen LogP contribution in [0.1, 0.15) is 25.8 Å². The highest BCUT2D eigenvalue weighted by Gasteiger charge is 2.15. The SMILES string of the molecule is COc1ccc(NC(=O)[C@H](N)CC(C)C)c(C)c1. The fraction of sp³-hybridized carbons (Fsp3) is 0.500. The summed E-state index contributed by atoms with van der Waals surface area (Å²) in [5.74, 6) is 1.04. The van der Waals surface area contributed by atoms with Crippen LogP contribution in [0.3, 0.4) is 0 Å². The van der Waals surface area contributed by atoms with E-state index in [2.05, 4.69) is 5.32 Å². The molecule has 0 aromatic heterocycles. The van der Waals surface area contributed by atoms with E-state index in [0.717, 1.165) is 17.0 Å².